The van der Waals surface area contributed by atoms with Crippen molar-refractivity contribution in [2.24, 2.45) is 21.7 Å². The fraction of sp³-hybridized carbons (Fsp3) is 0.907. The van der Waals surface area contributed by atoms with Gasteiger partial charge in [0.2, 0.25) is 17.7 Å². The van der Waals surface area contributed by atoms with E-state index in [0.29, 0.717) is 51.4 Å². The Bertz CT molecular complexity index is 1230. The Morgan fingerprint density at radius 3 is 1.79 bits per heavy atom. The van der Waals surface area contributed by atoms with E-state index in [1.54, 1.807) is 0 Å². The number of hydrogen-bond acceptors (Lipinski definition) is 6. The molecule has 1 fully saturated rings. The Labute approximate surface area is 320 Å². The first-order valence-corrected chi connectivity index (χ1v) is 20.1. The number of ketones is 1. The van der Waals surface area contributed by atoms with Gasteiger partial charge in [-0.3, -0.25) is 29.0 Å². The van der Waals surface area contributed by atoms with Crippen molar-refractivity contribution >= 4 is 23.5 Å². The first kappa shape index (κ1) is 48.0. The van der Waals surface area contributed by atoms with Crippen LogP contribution in [0.15, 0.2) is 0 Å². The molecular formula is C43H83N5O4. The van der Waals surface area contributed by atoms with Crippen LogP contribution in [0.5, 0.6) is 0 Å². The van der Waals surface area contributed by atoms with Gasteiger partial charge in [-0.1, -0.05) is 48.5 Å². The van der Waals surface area contributed by atoms with Gasteiger partial charge < -0.3 is 15.5 Å². The van der Waals surface area contributed by atoms with Gasteiger partial charge in [-0.15, -0.1) is 0 Å². The molecule has 1 heterocycles. The van der Waals surface area contributed by atoms with Crippen molar-refractivity contribution in [2.75, 3.05) is 33.2 Å². The second kappa shape index (κ2) is 17.6. The molecule has 0 aromatic heterocycles. The predicted octanol–water partition coefficient (Wildman–Crippen LogP) is 7.85. The number of Topliss-reactive ketones (excluding diaryl/α,β-unsaturated/α-hetero) is 1. The normalized spacial score (nSPS) is 17.0. The SMILES string of the molecule is CCC(=O)CC(C)(C)CC(C)(C)CNC(=O)C(C)(C)C(C)(C)N(C(C)C)C(C)(C)CC(C)(C)C(=O)NCC(C)(C)N(C)CCC(=O)N1CCCC1C. The number of nitrogens with zero attached hydrogens (tertiary/aromatic N) is 3. The van der Waals surface area contributed by atoms with Crippen LogP contribution in [0.2, 0.25) is 0 Å². The van der Waals surface area contributed by atoms with Crippen LogP contribution in [-0.4, -0.2) is 100 Å². The van der Waals surface area contributed by atoms with Gasteiger partial charge in [-0.05, 0) is 120 Å². The Morgan fingerprint density at radius 2 is 1.31 bits per heavy atom. The molecule has 1 aliphatic heterocycles. The third-order valence-electron chi connectivity index (χ3n) is 12.4. The molecule has 2 N–H and O–H groups in total. The molecule has 0 spiro atoms. The number of carbonyl (C=O) groups excluding carboxylic acids is 4. The van der Waals surface area contributed by atoms with E-state index in [2.05, 4.69) is 110 Å². The molecule has 1 unspecified atom stereocenters. The van der Waals surface area contributed by atoms with E-state index in [1.165, 1.54) is 0 Å². The lowest BCUT2D eigenvalue weighted by atomic mass is 9.68. The summed E-state index contributed by atoms with van der Waals surface area (Å²) in [5.74, 6) is 0.471. The molecule has 1 saturated heterocycles. The smallest absolute Gasteiger partial charge is 0.227 e. The fourth-order valence-corrected chi connectivity index (χ4v) is 9.23. The monoisotopic (exact) mass is 734 g/mol. The van der Waals surface area contributed by atoms with Crippen molar-refractivity contribution in [3.05, 3.63) is 0 Å². The summed E-state index contributed by atoms with van der Waals surface area (Å²) in [6, 6.07) is 0.421. The second-order valence-electron chi connectivity index (χ2n) is 21.0. The second-order valence-corrected chi connectivity index (χ2v) is 21.0. The largest absolute Gasteiger partial charge is 0.355 e. The number of amides is 3. The summed E-state index contributed by atoms with van der Waals surface area (Å²) in [6.07, 6.45) is 5.13. The minimum absolute atomic E-state index is 0.00513. The zero-order valence-corrected chi connectivity index (χ0v) is 37.4. The van der Waals surface area contributed by atoms with Crippen molar-refractivity contribution in [2.45, 2.75) is 198 Å². The molecule has 3 amide bonds. The van der Waals surface area contributed by atoms with E-state index in [9.17, 15) is 19.2 Å². The Morgan fingerprint density at radius 1 is 0.769 bits per heavy atom. The van der Waals surface area contributed by atoms with Crippen LogP contribution in [0.4, 0.5) is 0 Å². The minimum Gasteiger partial charge on any atom is -0.355 e. The molecule has 52 heavy (non-hydrogen) atoms. The van der Waals surface area contributed by atoms with Crippen LogP contribution in [-0.2, 0) is 19.2 Å². The van der Waals surface area contributed by atoms with E-state index in [0.717, 1.165) is 25.8 Å². The molecule has 9 nitrogen and oxygen atoms in total. The summed E-state index contributed by atoms with van der Waals surface area (Å²) in [4.78, 5) is 59.7. The average molecular weight is 734 g/mol. The maximum atomic E-state index is 14.1. The maximum absolute atomic E-state index is 14.1. The number of nitrogens with one attached hydrogen (secondary N) is 2. The van der Waals surface area contributed by atoms with Crippen molar-refractivity contribution in [1.82, 2.24) is 25.3 Å². The standard InChI is InChI=1S/C43H83N5O4/c1-20-33(49)26-37(5,6)27-38(7,8)29-44-36(52)42(15,16)43(17,18)48(31(2)3)40(11,12)28-39(9,10)35(51)45-30-41(13,14)46(19)25-23-34(50)47-24-21-22-32(47)4/h31-32H,20-30H2,1-19H3,(H,44,52)(H,45,51). The minimum atomic E-state index is -0.770. The fourth-order valence-electron chi connectivity index (χ4n) is 9.23. The van der Waals surface area contributed by atoms with Gasteiger partial charge in [-0.2, -0.15) is 0 Å². The Balaban J connectivity index is 3.03. The summed E-state index contributed by atoms with van der Waals surface area (Å²) in [6.45, 7) is 40.4. The highest BCUT2D eigenvalue weighted by Gasteiger charge is 2.53. The maximum Gasteiger partial charge on any atom is 0.227 e. The van der Waals surface area contributed by atoms with Gasteiger partial charge in [0.1, 0.15) is 5.78 Å². The van der Waals surface area contributed by atoms with Crippen molar-refractivity contribution in [1.29, 1.82) is 0 Å². The summed E-state index contributed by atoms with van der Waals surface area (Å²) in [5, 5.41) is 6.56. The number of carbonyl (C=O) groups is 4. The van der Waals surface area contributed by atoms with Crippen molar-refractivity contribution < 1.29 is 19.2 Å². The van der Waals surface area contributed by atoms with E-state index >= 15 is 0 Å². The van der Waals surface area contributed by atoms with Crippen LogP contribution in [0, 0.1) is 21.7 Å². The van der Waals surface area contributed by atoms with Gasteiger partial charge in [-0.25, -0.2) is 0 Å². The molecule has 0 aromatic carbocycles. The van der Waals surface area contributed by atoms with Crippen LogP contribution in [0.3, 0.4) is 0 Å². The molecule has 0 saturated carbocycles. The highest BCUT2D eigenvalue weighted by molar-refractivity contribution is 5.84. The summed E-state index contributed by atoms with van der Waals surface area (Å²) in [7, 11) is 2.03. The molecule has 304 valence electrons. The van der Waals surface area contributed by atoms with Crippen molar-refractivity contribution in [3.63, 3.8) is 0 Å². The predicted molar refractivity (Wildman–Crippen MR) is 217 cm³/mol. The zero-order chi connectivity index (χ0) is 40.9. The lowest BCUT2D eigenvalue weighted by Gasteiger charge is -2.58. The summed E-state index contributed by atoms with van der Waals surface area (Å²) < 4.78 is 0. The molecule has 1 rings (SSSR count). The number of likely N-dealkylation sites (N-methyl/N-ethyl adjacent to an activating group) is 1. The third kappa shape index (κ3) is 12.8. The highest BCUT2D eigenvalue weighted by Crippen LogP contribution is 2.45. The molecular weight excluding hydrogens is 651 g/mol. The summed E-state index contributed by atoms with van der Waals surface area (Å²) in [5.41, 5.74) is -3.14. The molecule has 0 aliphatic carbocycles. The van der Waals surface area contributed by atoms with E-state index in [4.69, 9.17) is 0 Å². The average Bonchev–Trinajstić information content (AvgIpc) is 3.40. The quantitative estimate of drug-likeness (QED) is 0.125. The van der Waals surface area contributed by atoms with Crippen LogP contribution in [0.25, 0.3) is 0 Å². The van der Waals surface area contributed by atoms with E-state index < -0.39 is 21.9 Å². The van der Waals surface area contributed by atoms with Crippen molar-refractivity contribution in [3.8, 4) is 0 Å². The molecule has 0 bridgehead atoms. The third-order valence-corrected chi connectivity index (χ3v) is 12.4. The lowest BCUT2D eigenvalue weighted by molar-refractivity contribution is -0.149. The van der Waals surface area contributed by atoms with Crippen LogP contribution in [0.1, 0.15) is 170 Å². The van der Waals surface area contributed by atoms with E-state index in [1.807, 2.05) is 46.6 Å². The Hall–Kier alpha value is -2.00. The molecule has 0 aromatic rings. The molecule has 0 radical (unpaired) electrons. The summed E-state index contributed by atoms with van der Waals surface area (Å²) >= 11 is 0. The first-order chi connectivity index (χ1) is 23.3. The zero-order valence-electron chi connectivity index (χ0n) is 37.4. The number of likely N-dealkylation sites (tertiary alicyclic amines) is 1. The Kier molecular flexibility index (Phi) is 16.3. The molecule has 9 heteroatoms. The first-order valence-electron chi connectivity index (χ1n) is 20.1. The van der Waals surface area contributed by atoms with Gasteiger partial charge >= 0.3 is 0 Å². The lowest BCUT2D eigenvalue weighted by Crippen LogP contribution is -2.68. The number of rotatable bonds is 21. The van der Waals surface area contributed by atoms with Gasteiger partial charge in [0, 0.05) is 79.6 Å². The molecule has 1 atom stereocenters. The van der Waals surface area contributed by atoms with Gasteiger partial charge in [0.15, 0.2) is 0 Å². The molecule has 1 aliphatic rings. The highest BCUT2D eigenvalue weighted by atomic mass is 16.2. The number of hydrogen-bond donors (Lipinski definition) is 2. The van der Waals surface area contributed by atoms with E-state index in [-0.39, 0.29) is 45.9 Å². The van der Waals surface area contributed by atoms with Gasteiger partial charge in [0.05, 0.1) is 5.41 Å². The topological polar surface area (TPSA) is 102 Å². The van der Waals surface area contributed by atoms with Crippen LogP contribution >= 0.6 is 0 Å². The van der Waals surface area contributed by atoms with Crippen LogP contribution < -0.4 is 10.6 Å². The van der Waals surface area contributed by atoms with Gasteiger partial charge in [0.25, 0.3) is 0 Å².